The van der Waals surface area contributed by atoms with Crippen LogP contribution < -0.4 is 32.7 Å². The summed E-state index contributed by atoms with van der Waals surface area (Å²) < 4.78 is 0. The molecule has 0 aromatic carbocycles. The zero-order chi connectivity index (χ0) is 25.8. The molecule has 14 nitrogen and oxygen atoms in total. The first-order valence-corrected chi connectivity index (χ1v) is 11.1. The van der Waals surface area contributed by atoms with Gasteiger partial charge in [-0.15, -0.1) is 0 Å². The van der Waals surface area contributed by atoms with Crippen molar-refractivity contribution in [2.24, 2.45) is 22.4 Å². The SMILES string of the molecule is CC(C)C(NC(=O)C(CCCN=C(N)N)NC(=O)C(CC(=O)O)NC(=O)C1CCCN1)C(=O)O. The van der Waals surface area contributed by atoms with Gasteiger partial charge in [0.2, 0.25) is 17.7 Å². The summed E-state index contributed by atoms with van der Waals surface area (Å²) in [4.78, 5) is 64.6. The van der Waals surface area contributed by atoms with E-state index in [1.54, 1.807) is 13.8 Å². The minimum absolute atomic E-state index is 0.0384. The van der Waals surface area contributed by atoms with Crippen LogP contribution in [0.2, 0.25) is 0 Å². The standard InChI is InChI=1S/C20H35N7O7/c1-10(2)15(19(33)34)27-17(31)12(6-4-8-24-20(21)22)25-18(32)13(9-14(28)29)26-16(30)11-5-3-7-23-11/h10-13,15,23H,3-9H2,1-2H3,(H,25,32)(H,26,30)(H,27,31)(H,28,29)(H,33,34)(H4,21,22,24). The lowest BCUT2D eigenvalue weighted by molar-refractivity contribution is -0.144. The van der Waals surface area contributed by atoms with Crippen molar-refractivity contribution in [3.63, 3.8) is 0 Å². The van der Waals surface area contributed by atoms with Crippen molar-refractivity contribution in [2.45, 2.75) is 70.1 Å². The number of hydrogen-bond donors (Lipinski definition) is 8. The number of nitrogens with zero attached hydrogens (tertiary/aromatic N) is 1. The molecular weight excluding hydrogens is 450 g/mol. The van der Waals surface area contributed by atoms with Crippen LogP contribution in [0.1, 0.15) is 46.0 Å². The van der Waals surface area contributed by atoms with E-state index in [4.69, 9.17) is 11.5 Å². The number of amides is 3. The zero-order valence-corrected chi connectivity index (χ0v) is 19.4. The van der Waals surface area contributed by atoms with Crippen LogP contribution in [-0.4, -0.2) is 83.1 Å². The summed E-state index contributed by atoms with van der Waals surface area (Å²) in [5.41, 5.74) is 10.6. The summed E-state index contributed by atoms with van der Waals surface area (Å²) in [5, 5.41) is 28.7. The molecule has 1 rings (SSSR count). The maximum absolute atomic E-state index is 12.9. The van der Waals surface area contributed by atoms with Crippen LogP contribution in [0, 0.1) is 5.92 Å². The van der Waals surface area contributed by atoms with Gasteiger partial charge in [-0.1, -0.05) is 13.8 Å². The highest BCUT2D eigenvalue weighted by molar-refractivity contribution is 5.95. The van der Waals surface area contributed by atoms with Crippen LogP contribution in [0.5, 0.6) is 0 Å². The van der Waals surface area contributed by atoms with Crippen molar-refractivity contribution in [2.75, 3.05) is 13.1 Å². The molecule has 0 aromatic heterocycles. The molecular formula is C20H35N7O7. The molecule has 0 radical (unpaired) electrons. The maximum atomic E-state index is 12.9. The summed E-state index contributed by atoms with van der Waals surface area (Å²) in [6.45, 7) is 4.01. The molecule has 14 heteroatoms. The molecule has 3 amide bonds. The van der Waals surface area contributed by atoms with Gasteiger partial charge in [-0.25, -0.2) is 4.79 Å². The largest absolute Gasteiger partial charge is 0.481 e. The van der Waals surface area contributed by atoms with Gasteiger partial charge in [0.15, 0.2) is 5.96 Å². The van der Waals surface area contributed by atoms with Gasteiger partial charge in [-0.3, -0.25) is 24.2 Å². The predicted octanol–water partition coefficient (Wildman–Crippen LogP) is -2.54. The van der Waals surface area contributed by atoms with Gasteiger partial charge in [0, 0.05) is 6.54 Å². The topological polar surface area (TPSA) is 238 Å². The molecule has 192 valence electrons. The van der Waals surface area contributed by atoms with Crippen molar-refractivity contribution in [3.8, 4) is 0 Å². The highest BCUT2D eigenvalue weighted by Gasteiger charge is 2.33. The minimum atomic E-state index is -1.43. The number of rotatable bonds is 14. The number of aliphatic imine (C=N–C) groups is 1. The lowest BCUT2D eigenvalue weighted by Gasteiger charge is -2.25. The minimum Gasteiger partial charge on any atom is -0.481 e. The normalized spacial score (nSPS) is 17.8. The second-order valence-electron chi connectivity index (χ2n) is 8.39. The van der Waals surface area contributed by atoms with E-state index in [1.807, 2.05) is 0 Å². The van der Waals surface area contributed by atoms with Crippen molar-refractivity contribution in [3.05, 3.63) is 0 Å². The average Bonchev–Trinajstić information content (AvgIpc) is 3.27. The zero-order valence-electron chi connectivity index (χ0n) is 19.4. The molecule has 1 saturated heterocycles. The first kappa shape index (κ1) is 28.6. The van der Waals surface area contributed by atoms with E-state index in [2.05, 4.69) is 26.3 Å². The van der Waals surface area contributed by atoms with E-state index in [0.717, 1.165) is 6.42 Å². The second-order valence-corrected chi connectivity index (χ2v) is 8.39. The number of nitrogens with two attached hydrogens (primary N) is 2. The van der Waals surface area contributed by atoms with Gasteiger partial charge in [0.05, 0.1) is 12.5 Å². The summed E-state index contributed by atoms with van der Waals surface area (Å²) in [6.07, 6.45) is 0.923. The number of guanidine groups is 1. The Bertz CT molecular complexity index is 777. The third-order valence-electron chi connectivity index (χ3n) is 5.20. The van der Waals surface area contributed by atoms with E-state index >= 15 is 0 Å². The Balaban J connectivity index is 2.97. The van der Waals surface area contributed by atoms with Crippen LogP contribution in [-0.2, 0) is 24.0 Å². The van der Waals surface area contributed by atoms with Crippen LogP contribution >= 0.6 is 0 Å². The van der Waals surface area contributed by atoms with Crippen LogP contribution in [0.4, 0.5) is 0 Å². The van der Waals surface area contributed by atoms with E-state index in [1.165, 1.54) is 0 Å². The summed E-state index contributed by atoms with van der Waals surface area (Å²) in [5.74, 6) is -5.31. The van der Waals surface area contributed by atoms with Crippen molar-refractivity contribution >= 4 is 35.6 Å². The highest BCUT2D eigenvalue weighted by atomic mass is 16.4. The number of hydrogen-bond acceptors (Lipinski definition) is 7. The van der Waals surface area contributed by atoms with Gasteiger partial charge in [0.1, 0.15) is 18.1 Å². The molecule has 10 N–H and O–H groups in total. The smallest absolute Gasteiger partial charge is 0.326 e. The fraction of sp³-hybridized carbons (Fsp3) is 0.700. The van der Waals surface area contributed by atoms with Gasteiger partial charge in [-0.05, 0) is 38.1 Å². The monoisotopic (exact) mass is 485 g/mol. The number of carboxylic acid groups (broad SMARTS) is 2. The first-order chi connectivity index (χ1) is 15.9. The molecule has 0 spiro atoms. The second kappa shape index (κ2) is 14.0. The van der Waals surface area contributed by atoms with Crippen LogP contribution in [0.25, 0.3) is 0 Å². The Morgan fingerprint density at radius 2 is 1.68 bits per heavy atom. The molecule has 34 heavy (non-hydrogen) atoms. The van der Waals surface area contributed by atoms with E-state index < -0.39 is 66.2 Å². The Hall–Kier alpha value is -3.42. The number of aliphatic carboxylic acids is 2. The summed E-state index contributed by atoms with van der Waals surface area (Å²) >= 11 is 0. The number of carbonyl (C=O) groups excluding carboxylic acids is 3. The van der Waals surface area contributed by atoms with E-state index in [0.29, 0.717) is 13.0 Å². The average molecular weight is 486 g/mol. The number of nitrogens with one attached hydrogen (secondary N) is 4. The fourth-order valence-electron chi connectivity index (χ4n) is 3.38. The molecule has 1 aliphatic rings. The number of carboxylic acids is 2. The van der Waals surface area contributed by atoms with Gasteiger partial charge in [0.25, 0.3) is 0 Å². The molecule has 1 fully saturated rings. The summed E-state index contributed by atoms with van der Waals surface area (Å²) in [6, 6.07) is -4.38. The molecule has 0 bridgehead atoms. The van der Waals surface area contributed by atoms with Crippen molar-refractivity contribution in [1.82, 2.24) is 21.3 Å². The Morgan fingerprint density at radius 1 is 1.03 bits per heavy atom. The van der Waals surface area contributed by atoms with Gasteiger partial charge >= 0.3 is 11.9 Å². The third-order valence-corrected chi connectivity index (χ3v) is 5.20. The van der Waals surface area contributed by atoms with Gasteiger partial charge < -0.3 is 42.9 Å². The van der Waals surface area contributed by atoms with Crippen molar-refractivity contribution < 1.29 is 34.2 Å². The quantitative estimate of drug-likeness (QED) is 0.0728. The molecule has 1 aliphatic heterocycles. The molecule has 1 heterocycles. The Kier molecular flexibility index (Phi) is 11.8. The lowest BCUT2D eigenvalue weighted by atomic mass is 10.0. The number of carbonyl (C=O) groups is 5. The molecule has 4 unspecified atom stereocenters. The third kappa shape index (κ3) is 10.0. The lowest BCUT2D eigenvalue weighted by Crippen LogP contribution is -2.57. The molecule has 0 aliphatic carbocycles. The Morgan fingerprint density at radius 3 is 2.18 bits per heavy atom. The fourth-order valence-corrected chi connectivity index (χ4v) is 3.38. The van der Waals surface area contributed by atoms with Gasteiger partial charge in [-0.2, -0.15) is 0 Å². The van der Waals surface area contributed by atoms with E-state index in [-0.39, 0.29) is 25.3 Å². The predicted molar refractivity (Wildman–Crippen MR) is 121 cm³/mol. The molecule has 0 saturated carbocycles. The van der Waals surface area contributed by atoms with Crippen LogP contribution in [0.3, 0.4) is 0 Å². The highest BCUT2D eigenvalue weighted by Crippen LogP contribution is 2.08. The maximum Gasteiger partial charge on any atom is 0.326 e. The first-order valence-electron chi connectivity index (χ1n) is 11.1. The molecule has 0 aromatic rings. The molecule has 4 atom stereocenters. The summed E-state index contributed by atoms with van der Waals surface area (Å²) in [7, 11) is 0. The van der Waals surface area contributed by atoms with Crippen molar-refractivity contribution in [1.29, 1.82) is 0 Å². The van der Waals surface area contributed by atoms with Crippen LogP contribution in [0.15, 0.2) is 4.99 Å². The van der Waals surface area contributed by atoms with E-state index in [9.17, 15) is 34.2 Å². The Labute approximate surface area is 197 Å².